The first-order chi connectivity index (χ1) is 11.8. The molecule has 7 nitrogen and oxygen atoms in total. The molecule has 1 atom stereocenters. The second-order valence-electron chi connectivity index (χ2n) is 6.71. The van der Waals surface area contributed by atoms with Gasteiger partial charge in [-0.15, -0.1) is 0 Å². The molecule has 0 spiro atoms. The van der Waals surface area contributed by atoms with Crippen molar-refractivity contribution in [2.75, 3.05) is 13.6 Å². The van der Waals surface area contributed by atoms with Gasteiger partial charge in [-0.25, -0.2) is 4.68 Å². The van der Waals surface area contributed by atoms with Gasteiger partial charge < -0.3 is 10.6 Å². The molecule has 1 amide bonds. The van der Waals surface area contributed by atoms with E-state index in [1.165, 1.54) is 4.68 Å². The highest BCUT2D eigenvalue weighted by molar-refractivity contribution is 5.80. The number of benzene rings is 1. The lowest BCUT2D eigenvalue weighted by Gasteiger charge is -2.21. The normalized spacial score (nSPS) is 12.5. The van der Waals surface area contributed by atoms with Gasteiger partial charge >= 0.3 is 0 Å². The third-order valence-corrected chi connectivity index (χ3v) is 4.51. The van der Waals surface area contributed by atoms with E-state index in [-0.39, 0.29) is 36.0 Å². The summed E-state index contributed by atoms with van der Waals surface area (Å²) in [4.78, 5) is 38.3. The first-order valence-electron chi connectivity index (χ1n) is 8.52. The fourth-order valence-corrected chi connectivity index (χ4v) is 2.60. The van der Waals surface area contributed by atoms with E-state index in [1.807, 2.05) is 0 Å². The quantitative estimate of drug-likeness (QED) is 0.778. The number of fused-ring (bicyclic) bond motifs is 1. The van der Waals surface area contributed by atoms with Crippen LogP contribution in [0.5, 0.6) is 0 Å². The van der Waals surface area contributed by atoms with E-state index >= 15 is 0 Å². The molecule has 1 aromatic carbocycles. The average Bonchev–Trinajstić information content (AvgIpc) is 2.60. The lowest BCUT2D eigenvalue weighted by Crippen LogP contribution is -2.36. The molecule has 0 saturated carbocycles. The number of hydrogen-bond acceptors (Lipinski definition) is 4. The summed E-state index contributed by atoms with van der Waals surface area (Å²) in [5.41, 5.74) is 5.36. The lowest BCUT2D eigenvalue weighted by atomic mass is 10.0. The Balaban J connectivity index is 2.02. The molecule has 0 bridgehead atoms. The summed E-state index contributed by atoms with van der Waals surface area (Å²) < 4.78 is 1.20. The number of H-pyrrole nitrogens is 1. The second kappa shape index (κ2) is 8.11. The number of aromatic nitrogens is 2. The molecule has 0 radical (unpaired) electrons. The van der Waals surface area contributed by atoms with Crippen LogP contribution in [0.4, 0.5) is 0 Å². The van der Waals surface area contributed by atoms with Crippen molar-refractivity contribution in [3.05, 3.63) is 45.0 Å². The SMILES string of the molecule is CC(C)C(N)CCN(C)C(=O)CCn1[nH]c(=O)c2ccccc2c1=O. The van der Waals surface area contributed by atoms with Gasteiger partial charge in [0.05, 0.1) is 17.3 Å². The number of rotatable bonds is 7. The van der Waals surface area contributed by atoms with Gasteiger partial charge in [-0.1, -0.05) is 26.0 Å². The van der Waals surface area contributed by atoms with E-state index in [0.29, 0.717) is 23.2 Å². The van der Waals surface area contributed by atoms with E-state index in [4.69, 9.17) is 5.73 Å². The van der Waals surface area contributed by atoms with Gasteiger partial charge in [-0.05, 0) is 24.5 Å². The number of amides is 1. The monoisotopic (exact) mass is 346 g/mol. The number of carbonyl (C=O) groups is 1. The van der Waals surface area contributed by atoms with Crippen molar-refractivity contribution in [2.24, 2.45) is 11.7 Å². The standard InChI is InChI=1S/C18H26N4O3/c1-12(2)15(19)8-10-21(3)16(23)9-11-22-18(25)14-7-5-4-6-13(14)17(24)20-22/h4-7,12,15H,8-11,19H2,1-3H3,(H,20,24). The highest BCUT2D eigenvalue weighted by atomic mass is 16.2. The van der Waals surface area contributed by atoms with Gasteiger partial charge in [0.2, 0.25) is 5.91 Å². The number of aryl methyl sites for hydroxylation is 1. The molecule has 136 valence electrons. The van der Waals surface area contributed by atoms with Gasteiger partial charge in [0.15, 0.2) is 0 Å². The molecule has 2 rings (SSSR count). The summed E-state index contributed by atoms with van der Waals surface area (Å²) in [7, 11) is 1.72. The minimum absolute atomic E-state index is 0.0507. The van der Waals surface area contributed by atoms with Crippen molar-refractivity contribution >= 4 is 16.7 Å². The van der Waals surface area contributed by atoms with E-state index in [0.717, 1.165) is 6.42 Å². The minimum atomic E-state index is -0.334. The maximum absolute atomic E-state index is 12.4. The van der Waals surface area contributed by atoms with Crippen LogP contribution in [0.2, 0.25) is 0 Å². The third kappa shape index (κ3) is 4.57. The summed E-state index contributed by atoms with van der Waals surface area (Å²) in [6.45, 7) is 4.81. The largest absolute Gasteiger partial charge is 0.346 e. The predicted molar refractivity (Wildman–Crippen MR) is 98.5 cm³/mol. The highest BCUT2D eigenvalue weighted by Gasteiger charge is 2.14. The van der Waals surface area contributed by atoms with Crippen LogP contribution < -0.4 is 16.9 Å². The summed E-state index contributed by atoms with van der Waals surface area (Å²) >= 11 is 0. The first-order valence-corrected chi connectivity index (χ1v) is 8.52. The summed E-state index contributed by atoms with van der Waals surface area (Å²) in [6, 6.07) is 6.70. The molecule has 0 saturated heterocycles. The van der Waals surface area contributed by atoms with Gasteiger partial charge in [-0.2, -0.15) is 0 Å². The van der Waals surface area contributed by atoms with E-state index in [9.17, 15) is 14.4 Å². The van der Waals surface area contributed by atoms with Gasteiger partial charge in [0.1, 0.15) is 0 Å². The first kappa shape index (κ1) is 18.9. The van der Waals surface area contributed by atoms with Crippen molar-refractivity contribution in [1.29, 1.82) is 0 Å². The number of nitrogens with one attached hydrogen (secondary N) is 1. The number of nitrogens with two attached hydrogens (primary N) is 1. The molecule has 1 unspecified atom stereocenters. The highest BCUT2D eigenvalue weighted by Crippen LogP contribution is 2.05. The second-order valence-corrected chi connectivity index (χ2v) is 6.71. The van der Waals surface area contributed by atoms with Crippen molar-refractivity contribution in [2.45, 2.75) is 39.3 Å². The molecular weight excluding hydrogens is 320 g/mol. The number of carbonyl (C=O) groups excluding carboxylic acids is 1. The third-order valence-electron chi connectivity index (χ3n) is 4.51. The average molecular weight is 346 g/mol. The smallest absolute Gasteiger partial charge is 0.273 e. The summed E-state index contributed by atoms with van der Waals surface area (Å²) in [5, 5.41) is 3.25. The van der Waals surface area contributed by atoms with Crippen LogP contribution in [-0.2, 0) is 11.3 Å². The van der Waals surface area contributed by atoms with Gasteiger partial charge in [0, 0.05) is 26.1 Å². The molecule has 3 N–H and O–H groups in total. The van der Waals surface area contributed by atoms with Gasteiger partial charge in [-0.3, -0.25) is 19.5 Å². The number of aromatic amines is 1. The summed E-state index contributed by atoms with van der Waals surface area (Å²) in [6.07, 6.45) is 0.869. The zero-order chi connectivity index (χ0) is 18.6. The van der Waals surface area contributed by atoms with E-state index < -0.39 is 0 Å². The molecule has 0 aliphatic heterocycles. The van der Waals surface area contributed by atoms with Crippen LogP contribution in [0.1, 0.15) is 26.7 Å². The topological polar surface area (TPSA) is 101 Å². The maximum Gasteiger partial charge on any atom is 0.273 e. The Morgan fingerprint density at radius 2 is 1.88 bits per heavy atom. The Kier molecular flexibility index (Phi) is 6.14. The number of nitrogens with zero attached hydrogens (tertiary/aromatic N) is 2. The molecule has 1 heterocycles. The molecular formula is C18H26N4O3. The fraction of sp³-hybridized carbons (Fsp3) is 0.500. The molecule has 0 aliphatic carbocycles. The van der Waals surface area contributed by atoms with Crippen LogP contribution in [0.3, 0.4) is 0 Å². The Morgan fingerprint density at radius 1 is 1.24 bits per heavy atom. The number of hydrogen-bond donors (Lipinski definition) is 2. The fourth-order valence-electron chi connectivity index (χ4n) is 2.60. The lowest BCUT2D eigenvalue weighted by molar-refractivity contribution is -0.130. The maximum atomic E-state index is 12.4. The Hall–Kier alpha value is -2.41. The van der Waals surface area contributed by atoms with E-state index in [1.54, 1.807) is 36.2 Å². The van der Waals surface area contributed by atoms with E-state index in [2.05, 4.69) is 18.9 Å². The molecule has 0 aliphatic rings. The Bertz CT molecular complexity index is 853. The van der Waals surface area contributed by atoms with Crippen LogP contribution in [-0.4, -0.2) is 40.2 Å². The molecule has 25 heavy (non-hydrogen) atoms. The molecule has 2 aromatic rings. The van der Waals surface area contributed by atoms with Crippen LogP contribution in [0.15, 0.2) is 33.9 Å². The molecule has 1 aromatic heterocycles. The Labute approximate surface area is 146 Å². The van der Waals surface area contributed by atoms with Crippen molar-refractivity contribution in [3.63, 3.8) is 0 Å². The summed E-state index contributed by atoms with van der Waals surface area (Å²) in [5.74, 6) is 0.279. The Morgan fingerprint density at radius 3 is 2.52 bits per heavy atom. The minimum Gasteiger partial charge on any atom is -0.346 e. The van der Waals surface area contributed by atoms with Crippen LogP contribution in [0.25, 0.3) is 10.8 Å². The van der Waals surface area contributed by atoms with Crippen LogP contribution >= 0.6 is 0 Å². The van der Waals surface area contributed by atoms with Crippen molar-refractivity contribution < 1.29 is 4.79 Å². The zero-order valence-electron chi connectivity index (χ0n) is 15.0. The van der Waals surface area contributed by atoms with Crippen molar-refractivity contribution in [1.82, 2.24) is 14.7 Å². The molecule has 0 fully saturated rings. The van der Waals surface area contributed by atoms with Crippen LogP contribution in [0, 0.1) is 5.92 Å². The zero-order valence-corrected chi connectivity index (χ0v) is 15.0. The predicted octanol–water partition coefficient (Wildman–Crippen LogP) is 0.912. The van der Waals surface area contributed by atoms with Crippen molar-refractivity contribution in [3.8, 4) is 0 Å². The molecule has 7 heteroatoms. The van der Waals surface area contributed by atoms with Gasteiger partial charge in [0.25, 0.3) is 11.1 Å².